The highest BCUT2D eigenvalue weighted by molar-refractivity contribution is 5.76. The second kappa shape index (κ2) is 7.81. The number of para-hydroxylation sites is 1. The summed E-state index contributed by atoms with van der Waals surface area (Å²) in [6.45, 7) is 6.76. The van der Waals surface area contributed by atoms with Crippen LogP contribution in [0.3, 0.4) is 0 Å². The van der Waals surface area contributed by atoms with Gasteiger partial charge in [-0.05, 0) is 38.5 Å². The molecule has 5 nitrogen and oxygen atoms in total. The number of hydrogen-bond acceptors (Lipinski definition) is 3. The highest BCUT2D eigenvalue weighted by atomic mass is 16.1. The van der Waals surface area contributed by atoms with Crippen LogP contribution in [-0.4, -0.2) is 35.7 Å². The van der Waals surface area contributed by atoms with Gasteiger partial charge in [-0.15, -0.1) is 0 Å². The molecule has 2 rings (SSSR count). The average molecular weight is 314 g/mol. The van der Waals surface area contributed by atoms with Gasteiger partial charge in [-0.3, -0.25) is 9.89 Å². The van der Waals surface area contributed by atoms with Gasteiger partial charge in [0.1, 0.15) is 0 Å². The first-order chi connectivity index (χ1) is 11.0. The molecule has 1 heterocycles. The van der Waals surface area contributed by atoms with Crippen LogP contribution in [0.5, 0.6) is 0 Å². The van der Waals surface area contributed by atoms with Crippen molar-refractivity contribution in [2.45, 2.75) is 39.7 Å². The van der Waals surface area contributed by atoms with Crippen molar-refractivity contribution in [2.24, 2.45) is 0 Å². The number of rotatable bonds is 7. The first-order valence-electron chi connectivity index (χ1n) is 8.04. The summed E-state index contributed by atoms with van der Waals surface area (Å²) in [6.07, 6.45) is 1.14. The van der Waals surface area contributed by atoms with Crippen molar-refractivity contribution in [2.75, 3.05) is 18.5 Å². The summed E-state index contributed by atoms with van der Waals surface area (Å²) in [5.41, 5.74) is 4.34. The predicted octanol–water partition coefficient (Wildman–Crippen LogP) is 2.60. The fraction of sp³-hybridized carbons (Fsp3) is 0.444. The zero-order chi connectivity index (χ0) is 16.8. The molecule has 1 aromatic heterocycles. The number of amides is 1. The first-order valence-corrected chi connectivity index (χ1v) is 8.04. The Hall–Kier alpha value is -2.30. The highest BCUT2D eigenvalue weighted by Gasteiger charge is 2.12. The van der Waals surface area contributed by atoms with Gasteiger partial charge < -0.3 is 10.2 Å². The molecule has 2 aromatic rings. The number of nitrogens with zero attached hydrogens (tertiary/aromatic N) is 2. The van der Waals surface area contributed by atoms with E-state index in [4.69, 9.17) is 0 Å². The fourth-order valence-corrected chi connectivity index (χ4v) is 2.42. The third kappa shape index (κ3) is 4.58. The fourth-order valence-electron chi connectivity index (χ4n) is 2.42. The molecule has 0 fully saturated rings. The van der Waals surface area contributed by atoms with Gasteiger partial charge in [0, 0.05) is 43.9 Å². The van der Waals surface area contributed by atoms with Gasteiger partial charge in [-0.1, -0.05) is 18.2 Å². The van der Waals surface area contributed by atoms with Crippen LogP contribution in [0.1, 0.15) is 30.3 Å². The summed E-state index contributed by atoms with van der Waals surface area (Å²) >= 11 is 0. The summed E-state index contributed by atoms with van der Waals surface area (Å²) in [5.74, 6) is 0.0679. The molecule has 0 aliphatic rings. The lowest BCUT2D eigenvalue weighted by molar-refractivity contribution is -0.121. The monoisotopic (exact) mass is 314 g/mol. The van der Waals surface area contributed by atoms with E-state index < -0.39 is 0 Å². The molecule has 23 heavy (non-hydrogen) atoms. The Balaban J connectivity index is 1.76. The molecule has 5 heteroatoms. The third-order valence-corrected chi connectivity index (χ3v) is 4.36. The first kappa shape index (κ1) is 17.1. The Labute approximate surface area is 138 Å². The molecule has 1 aromatic carbocycles. The number of hydrogen-bond donors (Lipinski definition) is 2. The standard InChI is InChI=1S/C18H26N4O/c1-13(22(4)16-8-6-5-7-9-16)12-19-18(23)11-10-17-14(2)15(3)20-21-17/h5-9,13H,10-12H2,1-4H3,(H,19,23)(H,20,21). The Kier molecular flexibility index (Phi) is 5.79. The van der Waals surface area contributed by atoms with Gasteiger partial charge in [-0.25, -0.2) is 0 Å². The molecular weight excluding hydrogens is 288 g/mol. The number of benzene rings is 1. The van der Waals surface area contributed by atoms with Crippen molar-refractivity contribution in [1.82, 2.24) is 15.5 Å². The van der Waals surface area contributed by atoms with E-state index >= 15 is 0 Å². The number of anilines is 1. The summed E-state index contributed by atoms with van der Waals surface area (Å²) in [7, 11) is 2.04. The van der Waals surface area contributed by atoms with Crippen LogP contribution in [0.15, 0.2) is 30.3 Å². The molecule has 0 radical (unpaired) electrons. The van der Waals surface area contributed by atoms with E-state index in [9.17, 15) is 4.79 Å². The zero-order valence-corrected chi connectivity index (χ0v) is 14.4. The van der Waals surface area contributed by atoms with Crippen LogP contribution in [-0.2, 0) is 11.2 Å². The maximum atomic E-state index is 12.0. The Bertz CT molecular complexity index is 636. The molecule has 1 amide bonds. The van der Waals surface area contributed by atoms with Crippen molar-refractivity contribution >= 4 is 11.6 Å². The van der Waals surface area contributed by atoms with Crippen LogP contribution in [0.2, 0.25) is 0 Å². The second-order valence-electron chi connectivity index (χ2n) is 6.02. The van der Waals surface area contributed by atoms with Crippen LogP contribution in [0.4, 0.5) is 5.69 Å². The number of carbonyl (C=O) groups is 1. The molecule has 0 spiro atoms. The van der Waals surface area contributed by atoms with Crippen molar-refractivity contribution < 1.29 is 4.79 Å². The molecule has 0 bridgehead atoms. The summed E-state index contributed by atoms with van der Waals surface area (Å²) in [5, 5.41) is 10.2. The largest absolute Gasteiger partial charge is 0.370 e. The van der Waals surface area contributed by atoms with E-state index in [1.165, 1.54) is 0 Å². The number of aryl methyl sites for hydroxylation is 2. The van der Waals surface area contributed by atoms with Gasteiger partial charge in [0.15, 0.2) is 0 Å². The lowest BCUT2D eigenvalue weighted by Gasteiger charge is -2.27. The number of H-pyrrole nitrogens is 1. The predicted molar refractivity (Wildman–Crippen MR) is 93.7 cm³/mol. The van der Waals surface area contributed by atoms with Crippen LogP contribution in [0.25, 0.3) is 0 Å². The van der Waals surface area contributed by atoms with Crippen LogP contribution < -0.4 is 10.2 Å². The second-order valence-corrected chi connectivity index (χ2v) is 6.02. The van der Waals surface area contributed by atoms with E-state index in [0.717, 1.165) is 22.6 Å². The van der Waals surface area contributed by atoms with Gasteiger partial charge in [0.05, 0.1) is 5.69 Å². The number of aromatic amines is 1. The minimum Gasteiger partial charge on any atom is -0.370 e. The topological polar surface area (TPSA) is 61.0 Å². The number of carbonyl (C=O) groups excluding carboxylic acids is 1. The Morgan fingerprint density at radius 1 is 1.30 bits per heavy atom. The van der Waals surface area contributed by atoms with Crippen LogP contribution >= 0.6 is 0 Å². The molecule has 0 saturated heterocycles. The van der Waals surface area contributed by atoms with Crippen molar-refractivity contribution in [1.29, 1.82) is 0 Å². The number of likely N-dealkylation sites (N-methyl/N-ethyl adjacent to an activating group) is 1. The maximum absolute atomic E-state index is 12.0. The average Bonchev–Trinajstić information content (AvgIpc) is 2.89. The highest BCUT2D eigenvalue weighted by Crippen LogP contribution is 2.14. The molecule has 0 aliphatic carbocycles. The smallest absolute Gasteiger partial charge is 0.220 e. The van der Waals surface area contributed by atoms with Crippen LogP contribution in [0, 0.1) is 13.8 Å². The lowest BCUT2D eigenvalue weighted by atomic mass is 10.1. The maximum Gasteiger partial charge on any atom is 0.220 e. The molecule has 0 saturated carbocycles. The normalized spacial score (nSPS) is 12.0. The Morgan fingerprint density at radius 2 is 2.00 bits per heavy atom. The van der Waals surface area contributed by atoms with E-state index in [1.807, 2.05) is 39.1 Å². The number of nitrogens with one attached hydrogen (secondary N) is 2. The summed E-state index contributed by atoms with van der Waals surface area (Å²) in [6, 6.07) is 10.4. The van der Waals surface area contributed by atoms with Gasteiger partial charge in [0.2, 0.25) is 5.91 Å². The van der Waals surface area contributed by atoms with Gasteiger partial charge in [-0.2, -0.15) is 5.10 Å². The lowest BCUT2D eigenvalue weighted by Crippen LogP contribution is -2.40. The minimum atomic E-state index is 0.0679. The number of aromatic nitrogens is 2. The zero-order valence-electron chi connectivity index (χ0n) is 14.4. The van der Waals surface area contributed by atoms with E-state index in [0.29, 0.717) is 19.4 Å². The molecule has 1 unspecified atom stereocenters. The molecular formula is C18H26N4O. The van der Waals surface area contributed by atoms with Gasteiger partial charge in [0.25, 0.3) is 0 Å². The quantitative estimate of drug-likeness (QED) is 0.826. The molecule has 0 aliphatic heterocycles. The third-order valence-electron chi connectivity index (χ3n) is 4.36. The van der Waals surface area contributed by atoms with Crippen molar-refractivity contribution in [3.05, 3.63) is 47.3 Å². The van der Waals surface area contributed by atoms with E-state index in [-0.39, 0.29) is 11.9 Å². The van der Waals surface area contributed by atoms with Crippen molar-refractivity contribution in [3.63, 3.8) is 0 Å². The summed E-state index contributed by atoms with van der Waals surface area (Å²) < 4.78 is 0. The van der Waals surface area contributed by atoms with Gasteiger partial charge >= 0.3 is 0 Å². The Morgan fingerprint density at radius 3 is 2.61 bits per heavy atom. The SMILES string of the molecule is Cc1[nH]nc(CCC(=O)NCC(C)N(C)c2ccccc2)c1C. The molecule has 124 valence electrons. The molecule has 1 atom stereocenters. The van der Waals surface area contributed by atoms with Crippen molar-refractivity contribution in [3.8, 4) is 0 Å². The minimum absolute atomic E-state index is 0.0679. The van der Waals surface area contributed by atoms with E-state index in [2.05, 4.69) is 39.5 Å². The summed E-state index contributed by atoms with van der Waals surface area (Å²) in [4.78, 5) is 14.2. The van der Waals surface area contributed by atoms with E-state index in [1.54, 1.807) is 0 Å². The molecule has 2 N–H and O–H groups in total.